The van der Waals surface area contributed by atoms with Crippen molar-refractivity contribution in [1.82, 2.24) is 15.5 Å². The Morgan fingerprint density at radius 1 is 1.20 bits per heavy atom. The number of carbonyl (C=O) groups excluding carboxylic acids is 2. The van der Waals surface area contributed by atoms with Gasteiger partial charge in [-0.25, -0.2) is 4.39 Å². The third-order valence-corrected chi connectivity index (χ3v) is 5.03. The van der Waals surface area contributed by atoms with Gasteiger partial charge in [0.05, 0.1) is 44.9 Å². The van der Waals surface area contributed by atoms with Crippen LogP contribution in [0, 0.1) is 5.82 Å². The zero-order valence-corrected chi connectivity index (χ0v) is 16.8. The molecule has 1 aromatic carbocycles. The molecule has 1 saturated heterocycles. The van der Waals surface area contributed by atoms with Gasteiger partial charge >= 0.3 is 0 Å². The van der Waals surface area contributed by atoms with E-state index in [0.29, 0.717) is 31.9 Å². The number of hydrogen-bond donors (Lipinski definition) is 3. The average Bonchev–Trinajstić information content (AvgIpc) is 2.74. The second-order valence-corrected chi connectivity index (χ2v) is 7.37. The van der Waals surface area contributed by atoms with E-state index in [9.17, 15) is 19.1 Å². The van der Waals surface area contributed by atoms with Crippen molar-refractivity contribution in [3.05, 3.63) is 47.8 Å². The Bertz CT molecular complexity index is 754. The molecule has 2 aliphatic heterocycles. The van der Waals surface area contributed by atoms with Crippen molar-refractivity contribution in [3.63, 3.8) is 0 Å². The molecule has 3 N–H and O–H groups in total. The molecule has 3 atom stereocenters. The molecule has 2 heterocycles. The minimum absolute atomic E-state index is 0.0662. The van der Waals surface area contributed by atoms with Gasteiger partial charge < -0.3 is 25.2 Å². The lowest BCUT2D eigenvalue weighted by Crippen LogP contribution is -2.52. The van der Waals surface area contributed by atoms with Gasteiger partial charge in [-0.3, -0.25) is 14.5 Å². The van der Waals surface area contributed by atoms with Crippen LogP contribution in [0.1, 0.15) is 12.0 Å². The molecule has 2 amide bonds. The fourth-order valence-corrected chi connectivity index (χ4v) is 3.43. The van der Waals surface area contributed by atoms with E-state index < -0.39 is 18.2 Å². The van der Waals surface area contributed by atoms with Gasteiger partial charge in [-0.05, 0) is 17.7 Å². The zero-order valence-electron chi connectivity index (χ0n) is 16.8. The topological polar surface area (TPSA) is 100 Å². The number of benzene rings is 1. The first kappa shape index (κ1) is 22.4. The monoisotopic (exact) mass is 421 g/mol. The van der Waals surface area contributed by atoms with Crippen LogP contribution in [0.2, 0.25) is 0 Å². The fraction of sp³-hybridized carbons (Fsp3) is 0.524. The lowest BCUT2D eigenvalue weighted by atomic mass is 10.0. The Labute approximate surface area is 175 Å². The lowest BCUT2D eigenvalue weighted by Gasteiger charge is -2.32. The molecule has 2 aliphatic rings. The predicted octanol–water partition coefficient (Wildman–Crippen LogP) is -0.0351. The molecule has 0 unspecified atom stereocenters. The molecule has 9 heteroatoms. The van der Waals surface area contributed by atoms with Crippen LogP contribution in [0.25, 0.3) is 0 Å². The first-order valence-electron chi connectivity index (χ1n) is 10.1. The van der Waals surface area contributed by atoms with Crippen LogP contribution in [0.3, 0.4) is 0 Å². The highest BCUT2D eigenvalue weighted by atomic mass is 19.1. The first-order chi connectivity index (χ1) is 14.5. The number of carbonyl (C=O) groups is 2. The van der Waals surface area contributed by atoms with E-state index in [-0.39, 0.29) is 43.7 Å². The van der Waals surface area contributed by atoms with Crippen molar-refractivity contribution in [2.75, 3.05) is 39.5 Å². The highest BCUT2D eigenvalue weighted by Gasteiger charge is 2.29. The zero-order chi connectivity index (χ0) is 21.3. The number of hydrogen-bond acceptors (Lipinski definition) is 6. The minimum atomic E-state index is -0.635. The van der Waals surface area contributed by atoms with E-state index in [1.807, 2.05) is 4.90 Å². The summed E-state index contributed by atoms with van der Waals surface area (Å²) in [6, 6.07) is 5.56. The number of halogens is 1. The van der Waals surface area contributed by atoms with Gasteiger partial charge in [-0.15, -0.1) is 0 Å². The van der Waals surface area contributed by atoms with Crippen molar-refractivity contribution in [1.29, 1.82) is 0 Å². The van der Waals surface area contributed by atoms with Gasteiger partial charge in [0.1, 0.15) is 11.9 Å². The molecule has 0 aromatic heterocycles. The third kappa shape index (κ3) is 6.88. The highest BCUT2D eigenvalue weighted by molar-refractivity contribution is 5.79. The van der Waals surface area contributed by atoms with Crippen molar-refractivity contribution >= 4 is 11.8 Å². The van der Waals surface area contributed by atoms with Crippen LogP contribution in [-0.2, 0) is 25.6 Å². The van der Waals surface area contributed by atoms with Crippen molar-refractivity contribution in [2.24, 2.45) is 0 Å². The fourth-order valence-electron chi connectivity index (χ4n) is 3.43. The van der Waals surface area contributed by atoms with Crippen LogP contribution in [0.5, 0.6) is 0 Å². The second kappa shape index (κ2) is 11.2. The van der Waals surface area contributed by atoms with E-state index in [2.05, 4.69) is 10.6 Å². The number of aliphatic hydroxyl groups is 1. The van der Waals surface area contributed by atoms with Gasteiger partial charge in [0.2, 0.25) is 11.8 Å². The summed E-state index contributed by atoms with van der Waals surface area (Å²) in [5, 5.41) is 15.2. The van der Waals surface area contributed by atoms with Crippen LogP contribution >= 0.6 is 0 Å². The molecule has 8 nitrogen and oxygen atoms in total. The smallest absolute Gasteiger partial charge is 0.234 e. The van der Waals surface area contributed by atoms with E-state index in [1.54, 1.807) is 24.3 Å². The third-order valence-electron chi connectivity index (χ3n) is 5.03. The standard InChI is InChI=1S/C21H28FN3O5/c22-16-3-1-2-15(10-16)12-23-20(27)11-17-4-5-18(19(14-26)30-17)24-21(28)13-25-6-8-29-9-7-25/h1-5,10,17-19,26H,6-9,11-14H2,(H,23,27)(H,24,28)/t17-,18-,19-/m0/s1. The molecule has 30 heavy (non-hydrogen) atoms. The summed E-state index contributed by atoms with van der Waals surface area (Å²) in [4.78, 5) is 26.5. The Morgan fingerprint density at radius 2 is 2.00 bits per heavy atom. The molecule has 1 fully saturated rings. The summed E-state index contributed by atoms with van der Waals surface area (Å²) in [5.41, 5.74) is 0.666. The van der Waals surface area contributed by atoms with Crippen LogP contribution in [0.4, 0.5) is 4.39 Å². The normalized spacial score (nSPS) is 24.4. The maximum absolute atomic E-state index is 13.2. The lowest BCUT2D eigenvalue weighted by molar-refractivity contribution is -0.129. The molecule has 0 aliphatic carbocycles. The number of morpholine rings is 1. The number of rotatable bonds is 8. The summed E-state index contributed by atoms with van der Waals surface area (Å²) in [7, 11) is 0. The van der Waals surface area contributed by atoms with Crippen molar-refractivity contribution in [3.8, 4) is 0 Å². The summed E-state index contributed by atoms with van der Waals surface area (Å²) >= 11 is 0. The molecular weight excluding hydrogens is 393 g/mol. The number of nitrogens with one attached hydrogen (secondary N) is 2. The summed E-state index contributed by atoms with van der Waals surface area (Å²) in [5.74, 6) is -0.756. The second-order valence-electron chi connectivity index (χ2n) is 7.37. The maximum atomic E-state index is 13.2. The maximum Gasteiger partial charge on any atom is 0.234 e. The minimum Gasteiger partial charge on any atom is -0.394 e. The number of nitrogens with zero attached hydrogens (tertiary/aromatic N) is 1. The molecule has 0 bridgehead atoms. The van der Waals surface area contributed by atoms with Crippen molar-refractivity contribution in [2.45, 2.75) is 31.2 Å². The first-order valence-corrected chi connectivity index (χ1v) is 10.1. The quantitative estimate of drug-likeness (QED) is 0.510. The van der Waals surface area contributed by atoms with Gasteiger partial charge in [0, 0.05) is 19.6 Å². The number of amides is 2. The molecule has 164 valence electrons. The number of ether oxygens (including phenoxy) is 2. The summed E-state index contributed by atoms with van der Waals surface area (Å²) in [6.07, 6.45) is 2.39. The van der Waals surface area contributed by atoms with Crippen LogP contribution < -0.4 is 10.6 Å². The molecule has 1 aromatic rings. The van der Waals surface area contributed by atoms with Gasteiger partial charge in [0.15, 0.2) is 0 Å². The Balaban J connectivity index is 1.45. The predicted molar refractivity (Wildman–Crippen MR) is 107 cm³/mol. The Hall–Kier alpha value is -2.33. The Kier molecular flexibility index (Phi) is 8.32. The Morgan fingerprint density at radius 3 is 2.73 bits per heavy atom. The van der Waals surface area contributed by atoms with E-state index >= 15 is 0 Å². The molecule has 0 saturated carbocycles. The van der Waals surface area contributed by atoms with E-state index in [4.69, 9.17) is 9.47 Å². The van der Waals surface area contributed by atoms with Gasteiger partial charge in [-0.2, -0.15) is 0 Å². The van der Waals surface area contributed by atoms with E-state index in [0.717, 1.165) is 0 Å². The molecule has 3 rings (SSSR count). The molecule has 0 radical (unpaired) electrons. The molecule has 0 spiro atoms. The van der Waals surface area contributed by atoms with Gasteiger partial charge in [-0.1, -0.05) is 24.3 Å². The highest BCUT2D eigenvalue weighted by Crippen LogP contribution is 2.16. The van der Waals surface area contributed by atoms with Crippen molar-refractivity contribution < 1.29 is 28.6 Å². The van der Waals surface area contributed by atoms with Crippen LogP contribution in [-0.4, -0.2) is 79.5 Å². The van der Waals surface area contributed by atoms with Gasteiger partial charge in [0.25, 0.3) is 0 Å². The SMILES string of the molecule is O=C(C[C@@H]1C=C[C@H](NC(=O)CN2CCOCC2)[C@H](CO)O1)NCc1cccc(F)c1. The van der Waals surface area contributed by atoms with E-state index in [1.165, 1.54) is 12.1 Å². The van der Waals surface area contributed by atoms with Crippen LogP contribution in [0.15, 0.2) is 36.4 Å². The number of aliphatic hydroxyl groups excluding tert-OH is 1. The largest absolute Gasteiger partial charge is 0.394 e. The molecular formula is C21H28FN3O5. The summed E-state index contributed by atoms with van der Waals surface area (Å²) < 4.78 is 24.2. The average molecular weight is 421 g/mol. The summed E-state index contributed by atoms with van der Waals surface area (Å²) in [6.45, 7) is 2.84.